The van der Waals surface area contributed by atoms with Crippen LogP contribution >= 0.6 is 0 Å². The summed E-state index contributed by atoms with van der Waals surface area (Å²) in [4.78, 5) is 0. The summed E-state index contributed by atoms with van der Waals surface area (Å²) in [6.45, 7) is 7.24. The van der Waals surface area contributed by atoms with Crippen LogP contribution in [0.2, 0.25) is 0 Å². The first-order chi connectivity index (χ1) is 6.74. The van der Waals surface area contributed by atoms with Gasteiger partial charge in [0.05, 0.1) is 12.2 Å². The van der Waals surface area contributed by atoms with Gasteiger partial charge in [0.25, 0.3) is 0 Å². The second-order valence-corrected chi connectivity index (χ2v) is 3.72. The molecule has 1 atom stereocenters. The first-order valence-electron chi connectivity index (χ1n) is 5.17. The van der Waals surface area contributed by atoms with Crippen molar-refractivity contribution < 1.29 is 0 Å². The van der Waals surface area contributed by atoms with Crippen LogP contribution in [-0.4, -0.2) is 6.54 Å². The molecule has 0 aliphatic rings. The fourth-order valence-electron chi connectivity index (χ4n) is 1.06. The maximum absolute atomic E-state index is 4.22. The van der Waals surface area contributed by atoms with Crippen molar-refractivity contribution in [3.8, 4) is 0 Å². The van der Waals surface area contributed by atoms with Crippen LogP contribution in [0.4, 0.5) is 5.69 Å². The topological polar surface area (TPSA) is 24.7 Å². The monoisotopic (exact) mass is 190 g/mol. The number of hydrogen-bond donors (Lipinski definition) is 0. The maximum Gasteiger partial charge on any atom is 0.0881 e. The van der Waals surface area contributed by atoms with Gasteiger partial charge in [-0.25, -0.2) is 0 Å². The van der Waals surface area contributed by atoms with E-state index in [2.05, 4.69) is 37.1 Å². The zero-order valence-corrected chi connectivity index (χ0v) is 9.20. The number of azo groups is 1. The van der Waals surface area contributed by atoms with E-state index in [-0.39, 0.29) is 0 Å². The lowest BCUT2D eigenvalue weighted by Gasteiger charge is -2.02. The van der Waals surface area contributed by atoms with Gasteiger partial charge in [0.15, 0.2) is 0 Å². The number of nitrogens with zero attached hydrogens (tertiary/aromatic N) is 2. The largest absolute Gasteiger partial charge is 0.188 e. The zero-order chi connectivity index (χ0) is 10.4. The molecule has 0 saturated carbocycles. The maximum atomic E-state index is 4.22. The van der Waals surface area contributed by atoms with Crippen molar-refractivity contribution in [2.75, 3.05) is 6.54 Å². The third-order valence-corrected chi connectivity index (χ3v) is 2.38. The van der Waals surface area contributed by atoms with Crippen LogP contribution in [0.1, 0.15) is 25.8 Å². The Morgan fingerprint density at radius 2 is 2.00 bits per heavy atom. The Kier molecular flexibility index (Phi) is 4.30. The first-order valence-corrected chi connectivity index (χ1v) is 5.17. The van der Waals surface area contributed by atoms with Gasteiger partial charge in [-0.05, 0) is 24.5 Å². The highest BCUT2D eigenvalue weighted by molar-refractivity contribution is 5.43. The second-order valence-electron chi connectivity index (χ2n) is 3.72. The molecule has 76 valence electrons. The Bertz CT molecular complexity index is 305. The molecule has 14 heavy (non-hydrogen) atoms. The lowest BCUT2D eigenvalue weighted by atomic mass is 10.1. The fraction of sp³-hybridized carbons (Fsp3) is 0.500. The van der Waals surface area contributed by atoms with E-state index in [1.54, 1.807) is 0 Å². The number of rotatable bonds is 4. The van der Waals surface area contributed by atoms with Gasteiger partial charge in [-0.15, -0.1) is 0 Å². The van der Waals surface area contributed by atoms with E-state index in [9.17, 15) is 0 Å². The van der Waals surface area contributed by atoms with Gasteiger partial charge in [0, 0.05) is 0 Å². The summed E-state index contributed by atoms with van der Waals surface area (Å²) < 4.78 is 0. The van der Waals surface area contributed by atoms with Crippen molar-refractivity contribution in [2.45, 2.75) is 27.2 Å². The molecule has 0 aliphatic carbocycles. The lowest BCUT2D eigenvalue weighted by Crippen LogP contribution is -1.95. The summed E-state index contributed by atoms with van der Waals surface area (Å²) in [5.41, 5.74) is 2.16. The Hall–Kier alpha value is -1.18. The molecule has 1 rings (SSSR count). The van der Waals surface area contributed by atoms with Crippen molar-refractivity contribution in [3.63, 3.8) is 0 Å². The van der Waals surface area contributed by atoms with Gasteiger partial charge in [0.2, 0.25) is 0 Å². The lowest BCUT2D eigenvalue weighted by molar-refractivity contribution is 0.565. The molecule has 2 nitrogen and oxygen atoms in total. The summed E-state index contributed by atoms with van der Waals surface area (Å²) in [6, 6.07) is 8.06. The molecule has 0 saturated heterocycles. The molecule has 1 unspecified atom stereocenters. The standard InChI is InChI=1S/C12H18N2/c1-4-10(2)9-13-14-12-8-6-5-7-11(12)3/h5-8,10H,4,9H2,1-3H3. The molecule has 0 fully saturated rings. The minimum absolute atomic E-state index is 0.628. The molecule has 0 radical (unpaired) electrons. The molecule has 0 N–H and O–H groups in total. The SMILES string of the molecule is CCC(C)CN=Nc1ccccc1C. The molecule has 0 bridgehead atoms. The third-order valence-electron chi connectivity index (χ3n) is 2.38. The van der Waals surface area contributed by atoms with E-state index < -0.39 is 0 Å². The van der Waals surface area contributed by atoms with Crippen LogP contribution in [-0.2, 0) is 0 Å². The molecule has 0 amide bonds. The van der Waals surface area contributed by atoms with Gasteiger partial charge >= 0.3 is 0 Å². The molecular formula is C12H18N2. The predicted octanol–water partition coefficient (Wildman–Crippen LogP) is 4.12. The highest BCUT2D eigenvalue weighted by Gasteiger charge is 1.96. The van der Waals surface area contributed by atoms with Gasteiger partial charge < -0.3 is 0 Å². The molecule has 1 aromatic rings. The fourth-order valence-corrected chi connectivity index (χ4v) is 1.06. The summed E-state index contributed by atoms with van der Waals surface area (Å²) in [5.74, 6) is 0.628. The van der Waals surface area contributed by atoms with Crippen molar-refractivity contribution in [1.82, 2.24) is 0 Å². The number of aryl methyl sites for hydroxylation is 1. The van der Waals surface area contributed by atoms with Crippen molar-refractivity contribution in [3.05, 3.63) is 29.8 Å². The number of benzene rings is 1. The minimum Gasteiger partial charge on any atom is -0.188 e. The predicted molar refractivity (Wildman–Crippen MR) is 60.0 cm³/mol. The van der Waals surface area contributed by atoms with E-state index in [1.807, 2.05) is 18.2 Å². The van der Waals surface area contributed by atoms with Crippen LogP contribution in [0.5, 0.6) is 0 Å². The third kappa shape index (κ3) is 3.29. The average Bonchev–Trinajstić information content (AvgIpc) is 2.20. The smallest absolute Gasteiger partial charge is 0.0881 e. The second kappa shape index (κ2) is 5.53. The molecule has 2 heteroatoms. The first kappa shape index (κ1) is 10.9. The Balaban J connectivity index is 2.56. The molecular weight excluding hydrogens is 172 g/mol. The van der Waals surface area contributed by atoms with Crippen LogP contribution in [0.25, 0.3) is 0 Å². The molecule has 0 heterocycles. The van der Waals surface area contributed by atoms with Crippen molar-refractivity contribution in [2.24, 2.45) is 16.1 Å². The Labute approximate surface area is 86.1 Å². The number of hydrogen-bond acceptors (Lipinski definition) is 2. The van der Waals surface area contributed by atoms with Crippen LogP contribution in [0, 0.1) is 12.8 Å². The molecule has 0 spiro atoms. The van der Waals surface area contributed by atoms with E-state index in [4.69, 9.17) is 0 Å². The quantitative estimate of drug-likeness (QED) is 0.638. The summed E-state index contributed by atoms with van der Waals surface area (Å²) in [5, 5.41) is 8.42. The summed E-state index contributed by atoms with van der Waals surface area (Å²) >= 11 is 0. The normalized spacial score (nSPS) is 13.4. The Morgan fingerprint density at radius 3 is 2.64 bits per heavy atom. The average molecular weight is 190 g/mol. The van der Waals surface area contributed by atoms with Crippen molar-refractivity contribution in [1.29, 1.82) is 0 Å². The van der Waals surface area contributed by atoms with Gasteiger partial charge in [0.1, 0.15) is 0 Å². The molecule has 0 aliphatic heterocycles. The summed E-state index contributed by atoms with van der Waals surface area (Å²) in [7, 11) is 0. The molecule has 0 aromatic heterocycles. The van der Waals surface area contributed by atoms with Crippen molar-refractivity contribution >= 4 is 5.69 Å². The van der Waals surface area contributed by atoms with Gasteiger partial charge in [-0.1, -0.05) is 38.5 Å². The highest BCUT2D eigenvalue weighted by atomic mass is 15.1. The molecule has 1 aromatic carbocycles. The summed E-state index contributed by atoms with van der Waals surface area (Å²) in [6.07, 6.45) is 1.16. The zero-order valence-electron chi connectivity index (χ0n) is 9.20. The van der Waals surface area contributed by atoms with Gasteiger partial charge in [-0.2, -0.15) is 10.2 Å². The van der Waals surface area contributed by atoms with Gasteiger partial charge in [-0.3, -0.25) is 0 Å². The van der Waals surface area contributed by atoms with E-state index >= 15 is 0 Å². The van der Waals surface area contributed by atoms with E-state index in [1.165, 1.54) is 5.56 Å². The van der Waals surface area contributed by atoms with E-state index in [0.29, 0.717) is 5.92 Å². The van der Waals surface area contributed by atoms with Crippen LogP contribution < -0.4 is 0 Å². The van der Waals surface area contributed by atoms with E-state index in [0.717, 1.165) is 18.7 Å². The Morgan fingerprint density at radius 1 is 1.29 bits per heavy atom. The highest BCUT2D eigenvalue weighted by Crippen LogP contribution is 2.17. The van der Waals surface area contributed by atoms with Crippen LogP contribution in [0.15, 0.2) is 34.5 Å². The minimum atomic E-state index is 0.628. The van der Waals surface area contributed by atoms with Crippen LogP contribution in [0.3, 0.4) is 0 Å².